The van der Waals surface area contributed by atoms with E-state index in [1.165, 1.54) is 5.56 Å². The van der Waals surface area contributed by atoms with E-state index >= 15 is 0 Å². The smallest absolute Gasteiger partial charge is 0.270 e. The summed E-state index contributed by atoms with van der Waals surface area (Å²) >= 11 is 0.850. The van der Waals surface area contributed by atoms with Gasteiger partial charge in [0, 0.05) is 11.5 Å². The maximum absolute atomic E-state index is 12.7. The van der Waals surface area contributed by atoms with Crippen LogP contribution in [-0.2, 0) is 21.2 Å². The lowest BCUT2D eigenvalue weighted by molar-refractivity contribution is -0.123. The summed E-state index contributed by atoms with van der Waals surface area (Å²) in [6.45, 7) is 5.30. The Kier molecular flexibility index (Phi) is 5.14. The van der Waals surface area contributed by atoms with E-state index in [0.717, 1.165) is 36.2 Å². The second-order valence-electron chi connectivity index (χ2n) is 7.34. The van der Waals surface area contributed by atoms with Gasteiger partial charge in [-0.05, 0) is 30.4 Å². The first-order valence-electron chi connectivity index (χ1n) is 8.42. The molecule has 1 aliphatic carbocycles. The van der Waals surface area contributed by atoms with Crippen molar-refractivity contribution in [2.75, 3.05) is 5.32 Å². The van der Waals surface area contributed by atoms with E-state index < -0.39 is 15.4 Å². The number of anilines is 1. The van der Waals surface area contributed by atoms with Gasteiger partial charge < -0.3 is 5.32 Å². The highest BCUT2D eigenvalue weighted by atomic mass is 32.2. The SMILES string of the molecule is CC(C)(C)C(=O)Nc1nnc(S(=O)(=O)N[C@H]2CCCc3ccccc32)s1. The Morgan fingerprint density at radius 1 is 1.23 bits per heavy atom. The Balaban J connectivity index is 1.77. The fourth-order valence-corrected chi connectivity index (χ4v) is 4.93. The molecule has 26 heavy (non-hydrogen) atoms. The Hall–Kier alpha value is -1.84. The van der Waals surface area contributed by atoms with Gasteiger partial charge >= 0.3 is 0 Å². The van der Waals surface area contributed by atoms with E-state index in [0.29, 0.717) is 0 Å². The second kappa shape index (κ2) is 7.05. The minimum atomic E-state index is -3.81. The molecular weight excluding hydrogens is 372 g/mol. The van der Waals surface area contributed by atoms with Crippen molar-refractivity contribution in [3.8, 4) is 0 Å². The lowest BCUT2D eigenvalue weighted by Crippen LogP contribution is -2.31. The van der Waals surface area contributed by atoms with Crippen molar-refractivity contribution in [2.45, 2.75) is 50.4 Å². The average molecular weight is 395 g/mol. The van der Waals surface area contributed by atoms with E-state index in [-0.39, 0.29) is 21.4 Å². The molecule has 3 rings (SSSR count). The number of aryl methyl sites for hydroxylation is 1. The minimum absolute atomic E-state index is 0.148. The Bertz CT molecular complexity index is 916. The average Bonchev–Trinajstić information content (AvgIpc) is 3.03. The summed E-state index contributed by atoms with van der Waals surface area (Å²) in [6.07, 6.45) is 2.62. The molecule has 1 heterocycles. The number of aromatic nitrogens is 2. The third-order valence-corrected chi connectivity index (χ3v) is 6.88. The van der Waals surface area contributed by atoms with Gasteiger partial charge in [0.2, 0.25) is 15.4 Å². The summed E-state index contributed by atoms with van der Waals surface area (Å²) in [6, 6.07) is 7.58. The molecule has 0 unspecified atom stereocenters. The first-order valence-corrected chi connectivity index (χ1v) is 10.7. The summed E-state index contributed by atoms with van der Waals surface area (Å²) in [7, 11) is -3.81. The number of hydrogen-bond acceptors (Lipinski definition) is 6. The second-order valence-corrected chi connectivity index (χ2v) is 10.2. The summed E-state index contributed by atoms with van der Waals surface area (Å²) in [5.41, 5.74) is 1.57. The first kappa shape index (κ1) is 18.9. The molecular formula is C17H22N4O3S2. The molecule has 1 aromatic carbocycles. The quantitative estimate of drug-likeness (QED) is 0.777. The standard InChI is InChI=1S/C17H22N4O3S2/c1-17(2,3)14(22)18-15-19-20-16(25-15)26(23,24)21-13-10-6-8-11-7-4-5-9-12(11)13/h4-5,7,9,13,21H,6,8,10H2,1-3H3,(H,18,19,22)/t13-/m0/s1. The molecule has 1 atom stereocenters. The summed E-state index contributed by atoms with van der Waals surface area (Å²) in [5, 5.41) is 10.3. The van der Waals surface area contributed by atoms with Gasteiger partial charge in [-0.3, -0.25) is 4.79 Å². The van der Waals surface area contributed by atoms with Gasteiger partial charge in [-0.1, -0.05) is 56.4 Å². The van der Waals surface area contributed by atoms with E-state index in [9.17, 15) is 13.2 Å². The van der Waals surface area contributed by atoms with E-state index in [1.54, 1.807) is 20.8 Å². The van der Waals surface area contributed by atoms with Crippen molar-refractivity contribution < 1.29 is 13.2 Å². The number of sulfonamides is 1. The fourth-order valence-electron chi connectivity index (χ4n) is 2.77. The van der Waals surface area contributed by atoms with Gasteiger partial charge in [0.25, 0.3) is 10.0 Å². The highest BCUT2D eigenvalue weighted by Gasteiger charge is 2.29. The molecule has 2 aromatic rings. The van der Waals surface area contributed by atoms with Crippen LogP contribution in [0.15, 0.2) is 28.6 Å². The van der Waals surface area contributed by atoms with Gasteiger partial charge in [0.05, 0.1) is 0 Å². The molecule has 0 radical (unpaired) electrons. The molecule has 0 saturated heterocycles. The summed E-state index contributed by atoms with van der Waals surface area (Å²) < 4.78 is 28.0. The number of rotatable bonds is 4. The van der Waals surface area contributed by atoms with Gasteiger partial charge in [0.15, 0.2) is 0 Å². The zero-order chi connectivity index (χ0) is 18.9. The summed E-state index contributed by atoms with van der Waals surface area (Å²) in [4.78, 5) is 12.0. The maximum atomic E-state index is 12.7. The zero-order valence-corrected chi connectivity index (χ0v) is 16.6. The Morgan fingerprint density at radius 2 is 1.96 bits per heavy atom. The molecule has 0 aliphatic heterocycles. The largest absolute Gasteiger partial charge is 0.300 e. The van der Waals surface area contributed by atoms with Gasteiger partial charge in [-0.2, -0.15) is 0 Å². The van der Waals surface area contributed by atoms with Crippen LogP contribution >= 0.6 is 11.3 Å². The number of benzene rings is 1. The fraction of sp³-hybridized carbons (Fsp3) is 0.471. The number of nitrogens with one attached hydrogen (secondary N) is 2. The van der Waals surface area contributed by atoms with Crippen molar-refractivity contribution in [1.82, 2.24) is 14.9 Å². The molecule has 9 heteroatoms. The molecule has 0 spiro atoms. The minimum Gasteiger partial charge on any atom is -0.300 e. The van der Waals surface area contributed by atoms with Crippen LogP contribution < -0.4 is 10.0 Å². The molecule has 2 N–H and O–H groups in total. The van der Waals surface area contributed by atoms with Crippen molar-refractivity contribution in [3.63, 3.8) is 0 Å². The molecule has 0 saturated carbocycles. The summed E-state index contributed by atoms with van der Waals surface area (Å²) in [5.74, 6) is -0.244. The molecule has 0 bridgehead atoms. The van der Waals surface area contributed by atoms with Crippen molar-refractivity contribution in [2.24, 2.45) is 5.41 Å². The maximum Gasteiger partial charge on any atom is 0.270 e. The number of carbonyl (C=O) groups excluding carboxylic acids is 1. The Morgan fingerprint density at radius 3 is 2.69 bits per heavy atom. The van der Waals surface area contributed by atoms with Crippen molar-refractivity contribution in [3.05, 3.63) is 35.4 Å². The third-order valence-electron chi connectivity index (χ3n) is 4.20. The third kappa shape index (κ3) is 4.11. The molecule has 7 nitrogen and oxygen atoms in total. The van der Waals surface area contributed by atoms with E-state index in [1.807, 2.05) is 24.3 Å². The molecule has 140 valence electrons. The molecule has 1 amide bonds. The number of carbonyl (C=O) groups is 1. The highest BCUT2D eigenvalue weighted by Crippen LogP contribution is 2.31. The lowest BCUT2D eigenvalue weighted by Gasteiger charge is -2.25. The number of fused-ring (bicyclic) bond motifs is 1. The first-order chi connectivity index (χ1) is 12.2. The van der Waals surface area contributed by atoms with Crippen LogP contribution in [0.5, 0.6) is 0 Å². The van der Waals surface area contributed by atoms with E-state index in [2.05, 4.69) is 20.2 Å². The van der Waals surface area contributed by atoms with E-state index in [4.69, 9.17) is 0 Å². The number of amides is 1. The predicted octanol–water partition coefficient (Wildman–Crippen LogP) is 2.88. The molecule has 1 aliphatic rings. The zero-order valence-electron chi connectivity index (χ0n) is 14.9. The van der Waals surface area contributed by atoms with Crippen LogP contribution in [0.1, 0.15) is 50.8 Å². The normalized spacial score (nSPS) is 17.6. The highest BCUT2D eigenvalue weighted by molar-refractivity contribution is 7.91. The van der Waals surface area contributed by atoms with Gasteiger partial charge in [-0.15, -0.1) is 10.2 Å². The number of nitrogens with zero attached hydrogens (tertiary/aromatic N) is 2. The predicted molar refractivity (Wildman–Crippen MR) is 100 cm³/mol. The van der Waals surface area contributed by atoms with Crippen LogP contribution in [0.4, 0.5) is 5.13 Å². The molecule has 1 aromatic heterocycles. The number of hydrogen-bond donors (Lipinski definition) is 2. The van der Waals surface area contributed by atoms with Crippen LogP contribution in [0.25, 0.3) is 0 Å². The van der Waals surface area contributed by atoms with Crippen LogP contribution in [-0.4, -0.2) is 24.5 Å². The van der Waals surface area contributed by atoms with Crippen molar-refractivity contribution >= 4 is 32.4 Å². The Labute approximate surface area is 157 Å². The van der Waals surface area contributed by atoms with Gasteiger partial charge in [-0.25, -0.2) is 13.1 Å². The topological polar surface area (TPSA) is 101 Å². The van der Waals surface area contributed by atoms with Crippen molar-refractivity contribution in [1.29, 1.82) is 0 Å². The van der Waals surface area contributed by atoms with Gasteiger partial charge in [0.1, 0.15) is 0 Å². The van der Waals surface area contributed by atoms with Crippen LogP contribution in [0.2, 0.25) is 0 Å². The lowest BCUT2D eigenvalue weighted by atomic mass is 9.88. The molecule has 0 fully saturated rings. The monoisotopic (exact) mass is 394 g/mol. The van der Waals surface area contributed by atoms with Crippen LogP contribution in [0.3, 0.4) is 0 Å². The van der Waals surface area contributed by atoms with Crippen LogP contribution in [0, 0.1) is 5.41 Å².